The quantitative estimate of drug-likeness (QED) is 0.853. The van der Waals surface area contributed by atoms with Gasteiger partial charge in [-0.15, -0.1) is 10.2 Å². The minimum absolute atomic E-state index is 0.114. The van der Waals surface area contributed by atoms with Gasteiger partial charge in [0.05, 0.1) is 6.42 Å². The first kappa shape index (κ1) is 12.2. The van der Waals surface area contributed by atoms with Crippen molar-refractivity contribution >= 4 is 11.6 Å². The van der Waals surface area contributed by atoms with Crippen molar-refractivity contribution in [2.45, 2.75) is 27.2 Å². The number of H-pyrrole nitrogens is 1. The first-order valence-electron chi connectivity index (χ1n) is 5.66. The van der Waals surface area contributed by atoms with Crippen molar-refractivity contribution in [1.82, 2.24) is 20.6 Å². The van der Waals surface area contributed by atoms with E-state index in [1.807, 2.05) is 32.9 Å². The maximum absolute atomic E-state index is 11.8. The Morgan fingerprint density at radius 1 is 1.28 bits per heavy atom. The van der Waals surface area contributed by atoms with Crippen molar-refractivity contribution in [1.29, 1.82) is 0 Å². The van der Waals surface area contributed by atoms with Gasteiger partial charge < -0.3 is 5.32 Å². The first-order valence-corrected chi connectivity index (χ1v) is 5.66. The average molecular weight is 245 g/mol. The van der Waals surface area contributed by atoms with E-state index in [1.165, 1.54) is 5.56 Å². The van der Waals surface area contributed by atoms with Crippen LogP contribution in [0.3, 0.4) is 0 Å². The summed E-state index contributed by atoms with van der Waals surface area (Å²) in [7, 11) is 0. The summed E-state index contributed by atoms with van der Waals surface area (Å²) in [5.41, 5.74) is 4.14. The third-order valence-corrected chi connectivity index (χ3v) is 2.65. The molecule has 0 unspecified atom stereocenters. The number of aryl methyl sites for hydroxylation is 3. The van der Waals surface area contributed by atoms with Crippen molar-refractivity contribution in [3.8, 4) is 0 Å². The Morgan fingerprint density at radius 2 is 1.94 bits per heavy atom. The molecule has 0 saturated carbocycles. The summed E-state index contributed by atoms with van der Waals surface area (Å²) in [5.74, 6) is 0.237. The average Bonchev–Trinajstić information content (AvgIpc) is 2.76. The third kappa shape index (κ3) is 2.71. The van der Waals surface area contributed by atoms with E-state index in [2.05, 4.69) is 25.9 Å². The molecule has 0 bridgehead atoms. The fourth-order valence-corrected chi connectivity index (χ4v) is 1.96. The lowest BCUT2D eigenvalue weighted by molar-refractivity contribution is -0.115. The van der Waals surface area contributed by atoms with Gasteiger partial charge in [0.25, 0.3) is 0 Å². The summed E-state index contributed by atoms with van der Waals surface area (Å²) in [4.78, 5) is 11.8. The van der Waals surface area contributed by atoms with Crippen LogP contribution in [-0.2, 0) is 11.2 Å². The summed E-state index contributed by atoms with van der Waals surface area (Å²) in [6.45, 7) is 5.98. The number of benzene rings is 1. The van der Waals surface area contributed by atoms with Crippen LogP contribution in [0.5, 0.6) is 0 Å². The molecule has 0 aliphatic rings. The number of carbonyl (C=O) groups is 1. The number of hydrogen-bond donors (Lipinski definition) is 2. The van der Waals surface area contributed by atoms with E-state index in [9.17, 15) is 4.79 Å². The molecule has 2 rings (SSSR count). The summed E-state index contributed by atoms with van der Waals surface area (Å²) in [6.07, 6.45) is 0.114. The number of nitrogens with one attached hydrogen (secondary N) is 2. The Labute approximate surface area is 105 Å². The number of aromatic nitrogens is 4. The second-order valence-electron chi connectivity index (χ2n) is 4.33. The lowest BCUT2D eigenvalue weighted by Gasteiger charge is -2.12. The van der Waals surface area contributed by atoms with Gasteiger partial charge in [-0.2, -0.15) is 5.21 Å². The van der Waals surface area contributed by atoms with Gasteiger partial charge in [-0.3, -0.25) is 4.79 Å². The van der Waals surface area contributed by atoms with Crippen LogP contribution in [0, 0.1) is 20.8 Å². The number of tetrazole rings is 1. The molecule has 0 spiro atoms. The van der Waals surface area contributed by atoms with Crippen molar-refractivity contribution < 1.29 is 4.79 Å². The second kappa shape index (κ2) is 4.95. The van der Waals surface area contributed by atoms with Crippen LogP contribution in [-0.4, -0.2) is 26.5 Å². The normalized spacial score (nSPS) is 10.4. The number of aromatic amines is 1. The molecule has 0 aliphatic heterocycles. The van der Waals surface area contributed by atoms with Gasteiger partial charge in [0.15, 0.2) is 5.82 Å². The van der Waals surface area contributed by atoms with Crippen molar-refractivity contribution in [3.63, 3.8) is 0 Å². The smallest absolute Gasteiger partial charge is 0.232 e. The molecule has 6 heteroatoms. The molecule has 2 N–H and O–H groups in total. The Balaban J connectivity index is 2.12. The van der Waals surface area contributed by atoms with E-state index in [1.54, 1.807) is 0 Å². The molecule has 6 nitrogen and oxygen atoms in total. The van der Waals surface area contributed by atoms with Gasteiger partial charge in [-0.1, -0.05) is 22.9 Å². The van der Waals surface area contributed by atoms with Crippen molar-refractivity contribution in [2.24, 2.45) is 0 Å². The molecule has 1 aromatic carbocycles. The number of rotatable bonds is 3. The highest BCUT2D eigenvalue weighted by molar-refractivity contribution is 5.93. The largest absolute Gasteiger partial charge is 0.325 e. The summed E-state index contributed by atoms with van der Waals surface area (Å²) in [6, 6.07) is 4.08. The predicted octanol–water partition coefficient (Wildman–Crippen LogP) is 1.31. The molecule has 18 heavy (non-hydrogen) atoms. The molecule has 0 aliphatic carbocycles. The molecule has 1 aromatic heterocycles. The highest BCUT2D eigenvalue weighted by Gasteiger charge is 2.11. The molecule has 0 atom stereocenters. The lowest BCUT2D eigenvalue weighted by Crippen LogP contribution is -2.17. The summed E-state index contributed by atoms with van der Waals surface area (Å²) < 4.78 is 0. The number of anilines is 1. The van der Waals surface area contributed by atoms with Gasteiger partial charge >= 0.3 is 0 Å². The highest BCUT2D eigenvalue weighted by atomic mass is 16.1. The van der Waals surface area contributed by atoms with E-state index < -0.39 is 0 Å². The zero-order valence-electron chi connectivity index (χ0n) is 10.6. The number of amides is 1. The molecular formula is C12H15N5O. The molecule has 1 heterocycles. The van der Waals surface area contributed by atoms with Crippen LogP contribution in [0.2, 0.25) is 0 Å². The monoisotopic (exact) mass is 245 g/mol. The predicted molar refractivity (Wildman–Crippen MR) is 67.2 cm³/mol. The Kier molecular flexibility index (Phi) is 3.36. The Hall–Kier alpha value is -2.24. The van der Waals surface area contributed by atoms with Crippen LogP contribution >= 0.6 is 0 Å². The maximum atomic E-state index is 11.8. The molecule has 0 fully saturated rings. The van der Waals surface area contributed by atoms with Crippen LogP contribution in [0.25, 0.3) is 0 Å². The van der Waals surface area contributed by atoms with E-state index in [0.29, 0.717) is 5.82 Å². The van der Waals surface area contributed by atoms with Crippen LogP contribution in [0.15, 0.2) is 12.1 Å². The first-order chi connectivity index (χ1) is 8.56. The van der Waals surface area contributed by atoms with Gasteiger partial charge in [-0.05, 0) is 31.9 Å². The molecule has 94 valence electrons. The van der Waals surface area contributed by atoms with Crippen molar-refractivity contribution in [2.75, 3.05) is 5.32 Å². The van der Waals surface area contributed by atoms with Crippen LogP contribution in [0.1, 0.15) is 22.5 Å². The van der Waals surface area contributed by atoms with Gasteiger partial charge in [0.1, 0.15) is 0 Å². The topological polar surface area (TPSA) is 83.6 Å². The number of hydrogen-bond acceptors (Lipinski definition) is 4. The number of carbonyl (C=O) groups excluding carboxylic acids is 1. The van der Waals surface area contributed by atoms with Crippen molar-refractivity contribution in [3.05, 3.63) is 34.6 Å². The Bertz CT molecular complexity index is 539. The minimum Gasteiger partial charge on any atom is -0.325 e. The summed E-state index contributed by atoms with van der Waals surface area (Å²) >= 11 is 0. The third-order valence-electron chi connectivity index (χ3n) is 2.65. The molecule has 1 amide bonds. The molecule has 2 aromatic rings. The van der Waals surface area contributed by atoms with E-state index >= 15 is 0 Å². The SMILES string of the molecule is Cc1cc(C)c(NC(=O)Cc2nn[nH]n2)c(C)c1. The minimum atomic E-state index is -0.147. The highest BCUT2D eigenvalue weighted by Crippen LogP contribution is 2.21. The Morgan fingerprint density at radius 3 is 2.50 bits per heavy atom. The van der Waals surface area contributed by atoms with Gasteiger partial charge in [0.2, 0.25) is 5.91 Å². The molecule has 0 saturated heterocycles. The fraction of sp³-hybridized carbons (Fsp3) is 0.333. The van der Waals surface area contributed by atoms with E-state index in [0.717, 1.165) is 16.8 Å². The standard InChI is InChI=1S/C12H15N5O/c1-7-4-8(2)12(9(3)5-7)13-11(18)6-10-14-16-17-15-10/h4-5H,6H2,1-3H3,(H,13,18)(H,14,15,16,17). The van der Waals surface area contributed by atoms with Crippen LogP contribution < -0.4 is 5.32 Å². The zero-order chi connectivity index (χ0) is 13.1. The van der Waals surface area contributed by atoms with E-state index in [-0.39, 0.29) is 12.3 Å². The van der Waals surface area contributed by atoms with Gasteiger partial charge in [-0.25, -0.2) is 0 Å². The second-order valence-corrected chi connectivity index (χ2v) is 4.33. The fourth-order valence-electron chi connectivity index (χ4n) is 1.96. The van der Waals surface area contributed by atoms with Gasteiger partial charge in [0, 0.05) is 5.69 Å². The van der Waals surface area contributed by atoms with E-state index in [4.69, 9.17) is 0 Å². The maximum Gasteiger partial charge on any atom is 0.232 e. The lowest BCUT2D eigenvalue weighted by atomic mass is 10.1. The zero-order valence-corrected chi connectivity index (χ0v) is 10.6. The summed E-state index contributed by atoms with van der Waals surface area (Å²) in [5, 5.41) is 16.1. The molecular weight excluding hydrogens is 230 g/mol. The molecule has 0 radical (unpaired) electrons. The number of nitrogens with zero attached hydrogens (tertiary/aromatic N) is 3. The van der Waals surface area contributed by atoms with Crippen LogP contribution in [0.4, 0.5) is 5.69 Å².